The quantitative estimate of drug-likeness (QED) is 0.493. The van der Waals surface area contributed by atoms with Crippen molar-refractivity contribution in [2.45, 2.75) is 32.9 Å². The van der Waals surface area contributed by atoms with E-state index in [1.807, 2.05) is 30.8 Å². The molecule has 3 aromatic heterocycles. The number of nitrogens with two attached hydrogens (primary N) is 1. The highest BCUT2D eigenvalue weighted by Crippen LogP contribution is 2.38. The van der Waals surface area contributed by atoms with Crippen molar-refractivity contribution in [2.24, 2.45) is 0 Å². The van der Waals surface area contributed by atoms with Gasteiger partial charge in [-0.1, -0.05) is 0 Å². The highest BCUT2D eigenvalue weighted by atomic mass is 32.1. The Hall–Kier alpha value is -3.33. The van der Waals surface area contributed by atoms with Gasteiger partial charge in [0.1, 0.15) is 17.6 Å². The molecule has 4 heterocycles. The summed E-state index contributed by atoms with van der Waals surface area (Å²) in [5.74, 6) is 0.385. The summed E-state index contributed by atoms with van der Waals surface area (Å²) in [6.45, 7) is 4.60. The Labute approximate surface area is 176 Å². The maximum absolute atomic E-state index is 14.1. The maximum Gasteiger partial charge on any atom is 0.166 e. The third-order valence-electron chi connectivity index (χ3n) is 5.29. The maximum atomic E-state index is 14.1. The van der Waals surface area contributed by atoms with Gasteiger partial charge in [-0.25, -0.2) is 9.37 Å². The molecule has 1 unspecified atom stereocenters. The van der Waals surface area contributed by atoms with Crippen LogP contribution in [0.25, 0.3) is 22.5 Å². The van der Waals surface area contributed by atoms with Crippen molar-refractivity contribution < 1.29 is 9.13 Å². The van der Waals surface area contributed by atoms with Gasteiger partial charge in [-0.05, 0) is 38.1 Å². The molecule has 0 saturated carbocycles. The Morgan fingerprint density at radius 3 is 2.97 bits per heavy atom. The number of nitrogen functional groups attached to an aromatic ring is 1. The van der Waals surface area contributed by atoms with E-state index < -0.39 is 6.10 Å². The lowest BCUT2D eigenvalue weighted by molar-refractivity contribution is 0.227. The molecule has 0 saturated heterocycles. The summed E-state index contributed by atoms with van der Waals surface area (Å²) in [4.78, 5) is 4.34. The fourth-order valence-electron chi connectivity index (χ4n) is 3.85. The molecule has 4 aromatic rings. The molecule has 0 fully saturated rings. The van der Waals surface area contributed by atoms with Gasteiger partial charge in [-0.2, -0.15) is 13.8 Å². The molecule has 152 valence electrons. The van der Waals surface area contributed by atoms with Crippen LogP contribution in [0, 0.1) is 5.82 Å². The minimum absolute atomic E-state index is 0.278. The van der Waals surface area contributed by atoms with Gasteiger partial charge < -0.3 is 10.5 Å². The van der Waals surface area contributed by atoms with Gasteiger partial charge in [0.25, 0.3) is 0 Å². The van der Waals surface area contributed by atoms with Crippen LogP contribution < -0.4 is 10.5 Å². The first-order valence-corrected chi connectivity index (χ1v) is 10.4. The molecule has 0 radical (unpaired) electrons. The molecule has 0 spiro atoms. The second-order valence-electron chi connectivity index (χ2n) is 7.17. The van der Waals surface area contributed by atoms with E-state index in [2.05, 4.69) is 18.8 Å². The van der Waals surface area contributed by atoms with E-state index in [0.29, 0.717) is 24.3 Å². The van der Waals surface area contributed by atoms with Crippen LogP contribution in [0.2, 0.25) is 0 Å². The van der Waals surface area contributed by atoms with Gasteiger partial charge in [0, 0.05) is 41.4 Å². The van der Waals surface area contributed by atoms with Gasteiger partial charge in [-0.15, -0.1) is 0 Å². The van der Waals surface area contributed by atoms with E-state index in [9.17, 15) is 4.39 Å². The topological polar surface area (TPSA) is 91.7 Å². The SMILES string of the molecule is CCn1ncc2c1-c1cnc(N)c(c1)OC(C)c1cc(F)ccc1-c1nsnc1C2. The zero-order valence-corrected chi connectivity index (χ0v) is 17.3. The first-order chi connectivity index (χ1) is 14.5. The Morgan fingerprint density at radius 2 is 2.13 bits per heavy atom. The van der Waals surface area contributed by atoms with Crippen LogP contribution in [-0.4, -0.2) is 23.5 Å². The predicted octanol–water partition coefficient (Wildman–Crippen LogP) is 4.25. The van der Waals surface area contributed by atoms with Gasteiger partial charge in [0.05, 0.1) is 29.3 Å². The summed E-state index contributed by atoms with van der Waals surface area (Å²) >= 11 is 1.14. The number of pyridine rings is 1. The van der Waals surface area contributed by atoms with Crippen LogP contribution >= 0.6 is 11.7 Å². The average Bonchev–Trinajstić information content (AvgIpc) is 3.36. The van der Waals surface area contributed by atoms with Gasteiger partial charge in [0.15, 0.2) is 11.6 Å². The zero-order chi connectivity index (χ0) is 20.8. The van der Waals surface area contributed by atoms with E-state index in [1.54, 1.807) is 12.3 Å². The largest absolute Gasteiger partial charge is 0.482 e. The molecule has 0 aliphatic carbocycles. The number of rotatable bonds is 1. The fourth-order valence-corrected chi connectivity index (χ4v) is 4.43. The van der Waals surface area contributed by atoms with E-state index in [4.69, 9.17) is 10.5 Å². The molecule has 2 bridgehead atoms. The number of anilines is 1. The van der Waals surface area contributed by atoms with Crippen molar-refractivity contribution in [3.8, 4) is 28.3 Å². The molecule has 1 aliphatic heterocycles. The summed E-state index contributed by atoms with van der Waals surface area (Å²) in [5, 5.41) is 4.53. The highest BCUT2D eigenvalue weighted by Gasteiger charge is 2.24. The Bertz CT molecular complexity index is 1250. The van der Waals surface area contributed by atoms with Crippen LogP contribution in [-0.2, 0) is 13.0 Å². The van der Waals surface area contributed by atoms with Crippen molar-refractivity contribution in [2.75, 3.05) is 5.73 Å². The second kappa shape index (κ2) is 7.17. The summed E-state index contributed by atoms with van der Waals surface area (Å²) in [7, 11) is 0. The number of hydrogen-bond donors (Lipinski definition) is 1. The molecule has 0 amide bonds. The predicted molar refractivity (Wildman–Crippen MR) is 113 cm³/mol. The Morgan fingerprint density at radius 1 is 1.27 bits per heavy atom. The van der Waals surface area contributed by atoms with E-state index >= 15 is 0 Å². The molecular formula is C21H19FN6OS. The number of hydrogen-bond acceptors (Lipinski definition) is 7. The molecule has 2 N–H and O–H groups in total. The monoisotopic (exact) mass is 422 g/mol. The summed E-state index contributed by atoms with van der Waals surface area (Å²) in [6.07, 6.45) is 3.64. The average molecular weight is 422 g/mol. The van der Waals surface area contributed by atoms with Crippen LogP contribution in [0.1, 0.15) is 36.8 Å². The first-order valence-electron chi connectivity index (χ1n) is 9.63. The van der Waals surface area contributed by atoms with Crippen molar-refractivity contribution >= 4 is 17.5 Å². The molecule has 9 heteroatoms. The molecule has 30 heavy (non-hydrogen) atoms. The number of halogens is 1. The fraction of sp³-hybridized carbons (Fsp3) is 0.238. The van der Waals surface area contributed by atoms with Crippen LogP contribution in [0.3, 0.4) is 0 Å². The van der Waals surface area contributed by atoms with E-state index in [-0.39, 0.29) is 11.6 Å². The van der Waals surface area contributed by atoms with Crippen molar-refractivity contribution in [1.29, 1.82) is 0 Å². The third kappa shape index (κ3) is 3.02. The summed E-state index contributed by atoms with van der Waals surface area (Å²) in [5.41, 5.74) is 11.9. The molecule has 1 aromatic carbocycles. The number of ether oxygens (including phenoxy) is 1. The lowest BCUT2D eigenvalue weighted by Crippen LogP contribution is -2.10. The van der Waals surface area contributed by atoms with Crippen molar-refractivity contribution in [3.05, 3.63) is 59.3 Å². The number of aryl methyl sites for hydroxylation is 1. The van der Waals surface area contributed by atoms with E-state index in [0.717, 1.165) is 45.5 Å². The molecular weight excluding hydrogens is 403 g/mol. The minimum atomic E-state index is -0.473. The second-order valence-corrected chi connectivity index (χ2v) is 7.70. The molecule has 7 nitrogen and oxygen atoms in total. The normalized spacial score (nSPS) is 15.2. The standard InChI is InChI=1S/C21H19FN6OS/c1-3-28-20-12(10-25-28)6-17-19(27-30-26-17)15-5-4-14(22)8-16(15)11(2)29-18-7-13(20)9-24-21(18)23/h4-5,7-11H,3,6H2,1-2H3,(H2,23,24). The van der Waals surface area contributed by atoms with Crippen molar-refractivity contribution in [3.63, 3.8) is 0 Å². The number of fused-ring (bicyclic) bond motifs is 7. The smallest absolute Gasteiger partial charge is 0.166 e. The lowest BCUT2D eigenvalue weighted by atomic mass is 9.96. The number of benzene rings is 1. The van der Waals surface area contributed by atoms with Crippen LogP contribution in [0.15, 0.2) is 36.7 Å². The van der Waals surface area contributed by atoms with Gasteiger partial charge in [0.2, 0.25) is 0 Å². The third-order valence-corrected chi connectivity index (χ3v) is 5.86. The Balaban J connectivity index is 1.79. The summed E-state index contributed by atoms with van der Waals surface area (Å²) < 4.78 is 31.3. The minimum Gasteiger partial charge on any atom is -0.482 e. The van der Waals surface area contributed by atoms with E-state index in [1.165, 1.54) is 12.1 Å². The van der Waals surface area contributed by atoms with Gasteiger partial charge in [-0.3, -0.25) is 4.68 Å². The Kier molecular flexibility index (Phi) is 4.47. The molecule has 1 aliphatic rings. The first kappa shape index (κ1) is 18.7. The molecule has 5 rings (SSSR count). The highest BCUT2D eigenvalue weighted by molar-refractivity contribution is 6.99. The zero-order valence-electron chi connectivity index (χ0n) is 16.5. The van der Waals surface area contributed by atoms with Crippen LogP contribution in [0.4, 0.5) is 10.2 Å². The molecule has 1 atom stereocenters. The summed E-state index contributed by atoms with van der Waals surface area (Å²) in [6, 6.07) is 6.50. The number of nitrogens with zero attached hydrogens (tertiary/aromatic N) is 5. The lowest BCUT2D eigenvalue weighted by Gasteiger charge is -2.20. The van der Waals surface area contributed by atoms with Gasteiger partial charge >= 0.3 is 0 Å². The van der Waals surface area contributed by atoms with Crippen LogP contribution in [0.5, 0.6) is 5.75 Å². The van der Waals surface area contributed by atoms with Crippen molar-refractivity contribution in [1.82, 2.24) is 23.5 Å². The number of aromatic nitrogens is 5.